The smallest absolute Gasteiger partial charge is 0.420 e. The molecule has 0 spiro atoms. The fourth-order valence-electron chi connectivity index (χ4n) is 0.409. The third-order valence-corrected chi connectivity index (χ3v) is 1.14. The van der Waals surface area contributed by atoms with E-state index in [1.54, 1.807) is 0 Å². The predicted molar refractivity (Wildman–Crippen MR) is 27.8 cm³/mol. The van der Waals surface area contributed by atoms with Gasteiger partial charge < -0.3 is 5.11 Å². The summed E-state index contributed by atoms with van der Waals surface area (Å²) in [7, 11) is 0. The van der Waals surface area contributed by atoms with Crippen LogP contribution in [0.3, 0.4) is 0 Å². The molecule has 0 amide bonds. The molecule has 0 aliphatic carbocycles. The first kappa shape index (κ1) is 10.2. The van der Waals surface area contributed by atoms with Crippen molar-refractivity contribution in [3.05, 3.63) is 0 Å². The van der Waals surface area contributed by atoms with Gasteiger partial charge in [-0.1, -0.05) is 0 Å². The van der Waals surface area contributed by atoms with Crippen molar-refractivity contribution in [2.45, 2.75) is 19.3 Å². The topological polar surface area (TPSA) is 37.3 Å². The molecule has 0 aromatic heterocycles. The van der Waals surface area contributed by atoms with Crippen molar-refractivity contribution in [1.29, 1.82) is 0 Å². The number of halogens is 4. The van der Waals surface area contributed by atoms with Crippen LogP contribution in [0.4, 0.5) is 17.6 Å². The molecule has 0 aliphatic heterocycles. The van der Waals surface area contributed by atoms with Crippen molar-refractivity contribution in [2.75, 3.05) is 0 Å². The maximum absolute atomic E-state index is 12.0. The van der Waals surface area contributed by atoms with E-state index in [-0.39, 0.29) is 0 Å². The van der Waals surface area contributed by atoms with E-state index in [2.05, 4.69) is 0 Å². The van der Waals surface area contributed by atoms with Gasteiger partial charge in [0.25, 0.3) is 0 Å². The minimum absolute atomic E-state index is 0.667. The minimum Gasteiger partial charge on any atom is -0.481 e. The molecule has 0 saturated carbocycles. The molecule has 0 aliphatic rings. The molecule has 0 aromatic rings. The Balaban J connectivity index is 4.25. The van der Waals surface area contributed by atoms with Crippen LogP contribution in [0, 0.1) is 5.92 Å². The van der Waals surface area contributed by atoms with Crippen molar-refractivity contribution in [1.82, 2.24) is 0 Å². The van der Waals surface area contributed by atoms with Gasteiger partial charge in [-0.3, -0.25) is 4.79 Å². The third-order valence-electron chi connectivity index (χ3n) is 1.14. The summed E-state index contributed by atoms with van der Waals surface area (Å²) in [6.45, 7) is 0.667. The molecule has 0 fully saturated rings. The zero-order valence-corrected chi connectivity index (χ0v) is 5.52. The van der Waals surface area contributed by atoms with E-state index in [0.717, 1.165) is 0 Å². The van der Waals surface area contributed by atoms with Gasteiger partial charge in [-0.15, -0.1) is 0 Å². The quantitative estimate of drug-likeness (QED) is 0.645. The largest absolute Gasteiger partial charge is 0.481 e. The van der Waals surface area contributed by atoms with E-state index in [4.69, 9.17) is 5.11 Å². The normalized spacial score (nSPS) is 17.5. The highest BCUT2D eigenvalue weighted by Gasteiger charge is 2.46. The highest BCUT2D eigenvalue weighted by molar-refractivity contribution is 5.70. The van der Waals surface area contributed by atoms with Crippen molar-refractivity contribution in [2.24, 2.45) is 5.92 Å². The van der Waals surface area contributed by atoms with Crippen LogP contribution in [-0.4, -0.2) is 23.4 Å². The average Bonchev–Trinajstić information content (AvgIpc) is 1.82. The summed E-state index contributed by atoms with van der Waals surface area (Å²) in [4.78, 5) is 9.85. The Morgan fingerprint density at radius 2 is 1.82 bits per heavy atom. The van der Waals surface area contributed by atoms with Gasteiger partial charge in [-0.2, -0.15) is 13.2 Å². The van der Waals surface area contributed by atoms with Gasteiger partial charge in [0, 0.05) is 0 Å². The summed E-state index contributed by atoms with van der Waals surface area (Å²) in [5, 5.41) is 7.98. The van der Waals surface area contributed by atoms with Crippen molar-refractivity contribution in [3.63, 3.8) is 0 Å². The highest BCUT2D eigenvalue weighted by atomic mass is 19.4. The number of aliphatic carboxylic acids is 1. The van der Waals surface area contributed by atoms with E-state index in [1.165, 1.54) is 0 Å². The second-order valence-electron chi connectivity index (χ2n) is 2.07. The van der Waals surface area contributed by atoms with Gasteiger partial charge in [0.2, 0.25) is 6.17 Å². The number of carboxylic acids is 1. The van der Waals surface area contributed by atoms with E-state index in [0.29, 0.717) is 6.92 Å². The monoisotopic (exact) mass is 174 g/mol. The van der Waals surface area contributed by atoms with Crippen LogP contribution in [-0.2, 0) is 4.79 Å². The molecule has 0 heterocycles. The van der Waals surface area contributed by atoms with Crippen LogP contribution >= 0.6 is 0 Å². The molecule has 0 rings (SSSR count). The SMILES string of the molecule is CC(C(=O)O)C(F)C(F)(F)F. The lowest BCUT2D eigenvalue weighted by molar-refractivity contribution is -0.199. The fraction of sp³-hybridized carbons (Fsp3) is 0.800. The molecule has 0 saturated heterocycles. The standard InChI is InChI=1S/C5H6F4O2/c1-2(4(10)11)3(6)5(7,8)9/h2-3H,1H3,(H,10,11). The second kappa shape index (κ2) is 3.06. The van der Waals surface area contributed by atoms with Crippen LogP contribution in [0.5, 0.6) is 0 Å². The summed E-state index contributed by atoms with van der Waals surface area (Å²) in [5.74, 6) is -3.84. The van der Waals surface area contributed by atoms with Gasteiger partial charge in [-0.25, -0.2) is 4.39 Å². The van der Waals surface area contributed by atoms with Crippen molar-refractivity contribution in [3.8, 4) is 0 Å². The van der Waals surface area contributed by atoms with Crippen molar-refractivity contribution >= 4 is 5.97 Å². The molecule has 2 atom stereocenters. The highest BCUT2D eigenvalue weighted by Crippen LogP contribution is 2.28. The Kier molecular flexibility index (Phi) is 2.84. The summed E-state index contributed by atoms with van der Waals surface area (Å²) in [6, 6.07) is 0. The third kappa shape index (κ3) is 2.73. The minimum atomic E-state index is -5.09. The van der Waals surface area contributed by atoms with Crippen LogP contribution in [0.1, 0.15) is 6.92 Å². The molecular formula is C5H6F4O2. The van der Waals surface area contributed by atoms with Crippen LogP contribution in [0.2, 0.25) is 0 Å². The zero-order valence-electron chi connectivity index (χ0n) is 5.52. The molecule has 0 radical (unpaired) electrons. The Morgan fingerprint density at radius 3 is 1.91 bits per heavy atom. The molecule has 2 unspecified atom stereocenters. The fourth-order valence-corrected chi connectivity index (χ4v) is 0.409. The first-order valence-electron chi connectivity index (χ1n) is 2.70. The van der Waals surface area contributed by atoms with Crippen LogP contribution in [0.15, 0.2) is 0 Å². The first-order chi connectivity index (χ1) is 4.76. The Labute approximate surface area is 59.8 Å². The molecule has 6 heteroatoms. The van der Waals surface area contributed by atoms with Gasteiger partial charge in [0.1, 0.15) is 0 Å². The van der Waals surface area contributed by atoms with Gasteiger partial charge in [-0.05, 0) is 6.92 Å². The predicted octanol–water partition coefficient (Wildman–Crippen LogP) is 1.61. The molecule has 2 nitrogen and oxygen atoms in total. The van der Waals surface area contributed by atoms with Crippen LogP contribution in [0.25, 0.3) is 0 Å². The van der Waals surface area contributed by atoms with E-state index < -0.39 is 24.2 Å². The summed E-state index contributed by atoms with van der Waals surface area (Å²) in [5.41, 5.74) is 0. The first-order valence-corrected chi connectivity index (χ1v) is 2.70. The molecule has 11 heavy (non-hydrogen) atoms. The van der Waals surface area contributed by atoms with E-state index >= 15 is 0 Å². The molecule has 1 N–H and O–H groups in total. The van der Waals surface area contributed by atoms with Crippen molar-refractivity contribution < 1.29 is 27.5 Å². The Hall–Kier alpha value is -0.810. The maximum Gasteiger partial charge on any atom is 0.420 e. The Bertz CT molecular complexity index is 153. The molecule has 0 bridgehead atoms. The van der Waals surface area contributed by atoms with Gasteiger partial charge in [0.15, 0.2) is 0 Å². The van der Waals surface area contributed by atoms with Crippen LogP contribution < -0.4 is 0 Å². The van der Waals surface area contributed by atoms with Gasteiger partial charge >= 0.3 is 12.1 Å². The average molecular weight is 174 g/mol. The second-order valence-corrected chi connectivity index (χ2v) is 2.07. The lowest BCUT2D eigenvalue weighted by Crippen LogP contribution is -2.34. The molecule has 66 valence electrons. The Morgan fingerprint density at radius 1 is 1.45 bits per heavy atom. The summed E-state index contributed by atoms with van der Waals surface area (Å²) < 4.78 is 46.3. The zero-order chi connectivity index (χ0) is 9.23. The number of hydrogen-bond donors (Lipinski definition) is 1. The maximum atomic E-state index is 12.0. The summed E-state index contributed by atoms with van der Waals surface area (Å²) in [6.07, 6.45) is -8.38. The number of carboxylic acid groups (broad SMARTS) is 1. The molecule has 0 aromatic carbocycles. The van der Waals surface area contributed by atoms with E-state index in [1.807, 2.05) is 0 Å². The molecular weight excluding hydrogens is 168 g/mol. The lowest BCUT2D eigenvalue weighted by Gasteiger charge is -2.15. The lowest BCUT2D eigenvalue weighted by atomic mass is 10.1. The van der Waals surface area contributed by atoms with E-state index in [9.17, 15) is 22.4 Å². The number of alkyl halides is 4. The summed E-state index contributed by atoms with van der Waals surface area (Å²) >= 11 is 0. The number of carbonyl (C=O) groups is 1. The van der Waals surface area contributed by atoms with Gasteiger partial charge in [0.05, 0.1) is 5.92 Å². The number of hydrogen-bond acceptors (Lipinski definition) is 1. The number of rotatable bonds is 2.